The minimum atomic E-state index is -0.00940. The molecular weight excluding hydrogens is 302 g/mol. The number of hydrogen-bond acceptors (Lipinski definition) is 3. The highest BCUT2D eigenvalue weighted by Gasteiger charge is 2.33. The number of ether oxygens (including phenoxy) is 1. The number of halogens is 1. The van der Waals surface area contributed by atoms with E-state index >= 15 is 0 Å². The van der Waals surface area contributed by atoms with E-state index in [0.29, 0.717) is 30.3 Å². The summed E-state index contributed by atoms with van der Waals surface area (Å²) < 4.78 is 5.29. The van der Waals surface area contributed by atoms with Crippen LogP contribution in [0, 0.1) is 5.41 Å². The minimum absolute atomic E-state index is 0.00940. The fourth-order valence-corrected chi connectivity index (χ4v) is 3.21. The lowest BCUT2D eigenvalue weighted by Crippen LogP contribution is -2.45. The van der Waals surface area contributed by atoms with Gasteiger partial charge in [0.25, 0.3) is 0 Å². The Morgan fingerprint density at radius 3 is 2.64 bits per heavy atom. The predicted molar refractivity (Wildman–Crippen MR) is 87.3 cm³/mol. The van der Waals surface area contributed by atoms with Crippen LogP contribution in [0.3, 0.4) is 0 Å². The highest BCUT2D eigenvalue weighted by Crippen LogP contribution is 2.34. The molecule has 0 aromatic heterocycles. The molecule has 5 heteroatoms. The SMILES string of the molecule is CCC1(CO)CCN(C(=O)Cc2cc(Cl)ccc2OC)CC1. The molecule has 1 aliphatic heterocycles. The van der Waals surface area contributed by atoms with Crippen molar-refractivity contribution < 1.29 is 14.6 Å². The number of rotatable bonds is 5. The van der Waals surface area contributed by atoms with Crippen molar-refractivity contribution in [1.82, 2.24) is 4.90 Å². The number of aliphatic hydroxyl groups is 1. The molecule has 1 N–H and O–H groups in total. The zero-order valence-corrected chi connectivity index (χ0v) is 14.0. The van der Waals surface area contributed by atoms with Gasteiger partial charge in [-0.05, 0) is 42.9 Å². The van der Waals surface area contributed by atoms with Crippen LogP contribution in [-0.2, 0) is 11.2 Å². The third kappa shape index (κ3) is 3.73. The Kier molecular flexibility index (Phi) is 5.70. The summed E-state index contributed by atoms with van der Waals surface area (Å²) in [4.78, 5) is 14.4. The van der Waals surface area contributed by atoms with Crippen molar-refractivity contribution in [1.29, 1.82) is 0 Å². The second-order valence-corrected chi connectivity index (χ2v) is 6.46. The summed E-state index contributed by atoms with van der Waals surface area (Å²) in [5.74, 6) is 0.774. The molecule has 0 saturated carbocycles. The molecule has 122 valence electrons. The Morgan fingerprint density at radius 1 is 1.41 bits per heavy atom. The van der Waals surface area contributed by atoms with Gasteiger partial charge in [-0.3, -0.25) is 4.79 Å². The van der Waals surface area contributed by atoms with E-state index < -0.39 is 0 Å². The standard InChI is InChI=1S/C17H24ClNO3/c1-3-17(12-20)6-8-19(9-7-17)16(21)11-13-10-14(18)4-5-15(13)22-2/h4-5,10,20H,3,6-9,11-12H2,1-2H3. The largest absolute Gasteiger partial charge is 0.496 e. The van der Waals surface area contributed by atoms with Crippen molar-refractivity contribution in [2.75, 3.05) is 26.8 Å². The Bertz CT molecular complexity index is 519. The molecule has 4 nitrogen and oxygen atoms in total. The van der Waals surface area contributed by atoms with Crippen molar-refractivity contribution in [3.05, 3.63) is 28.8 Å². The molecular formula is C17H24ClNO3. The molecule has 1 amide bonds. The molecule has 1 aromatic carbocycles. The smallest absolute Gasteiger partial charge is 0.227 e. The van der Waals surface area contributed by atoms with Crippen LogP contribution in [0.4, 0.5) is 0 Å². The first-order valence-electron chi connectivity index (χ1n) is 7.74. The molecule has 1 heterocycles. The summed E-state index contributed by atoms with van der Waals surface area (Å²) in [5.41, 5.74) is 0.805. The number of aliphatic hydroxyl groups excluding tert-OH is 1. The topological polar surface area (TPSA) is 49.8 Å². The predicted octanol–water partition coefficient (Wildman–Crippen LogP) is 2.90. The Balaban J connectivity index is 2.01. The van der Waals surface area contributed by atoms with Gasteiger partial charge in [-0.1, -0.05) is 18.5 Å². The fraction of sp³-hybridized carbons (Fsp3) is 0.588. The fourth-order valence-electron chi connectivity index (χ4n) is 3.01. The van der Waals surface area contributed by atoms with Gasteiger partial charge in [-0.15, -0.1) is 0 Å². The molecule has 0 radical (unpaired) electrons. The Hall–Kier alpha value is -1.26. The van der Waals surface area contributed by atoms with Gasteiger partial charge in [0.15, 0.2) is 0 Å². The average Bonchev–Trinajstić information content (AvgIpc) is 2.55. The van der Waals surface area contributed by atoms with Crippen LogP contribution in [0.2, 0.25) is 5.02 Å². The Labute approximate surface area is 137 Å². The second kappa shape index (κ2) is 7.34. The number of methoxy groups -OCH3 is 1. The number of piperidine rings is 1. The van der Waals surface area contributed by atoms with Gasteiger partial charge >= 0.3 is 0 Å². The quantitative estimate of drug-likeness (QED) is 0.905. The lowest BCUT2D eigenvalue weighted by Gasteiger charge is -2.40. The lowest BCUT2D eigenvalue weighted by molar-refractivity contribution is -0.133. The molecule has 0 unspecified atom stereocenters. The van der Waals surface area contributed by atoms with Gasteiger partial charge in [0.2, 0.25) is 5.91 Å². The second-order valence-electron chi connectivity index (χ2n) is 6.03. The van der Waals surface area contributed by atoms with E-state index in [-0.39, 0.29) is 17.9 Å². The first-order valence-corrected chi connectivity index (χ1v) is 8.12. The number of hydrogen-bond donors (Lipinski definition) is 1. The van der Waals surface area contributed by atoms with Gasteiger partial charge in [-0.25, -0.2) is 0 Å². The number of likely N-dealkylation sites (tertiary alicyclic amines) is 1. The van der Waals surface area contributed by atoms with Gasteiger partial charge in [-0.2, -0.15) is 0 Å². The van der Waals surface area contributed by atoms with Crippen molar-refractivity contribution in [3.8, 4) is 5.75 Å². The maximum absolute atomic E-state index is 12.5. The van der Waals surface area contributed by atoms with Crippen LogP contribution in [0.5, 0.6) is 5.75 Å². The molecule has 0 bridgehead atoms. The van der Waals surface area contributed by atoms with Crippen LogP contribution in [0.15, 0.2) is 18.2 Å². The molecule has 1 fully saturated rings. The number of benzene rings is 1. The first kappa shape index (κ1) is 17.1. The summed E-state index contributed by atoms with van der Waals surface area (Å²) in [6.07, 6.45) is 2.96. The maximum atomic E-state index is 12.5. The zero-order valence-electron chi connectivity index (χ0n) is 13.3. The number of amides is 1. The number of carbonyl (C=O) groups excluding carboxylic acids is 1. The maximum Gasteiger partial charge on any atom is 0.227 e. The number of carbonyl (C=O) groups is 1. The van der Waals surface area contributed by atoms with E-state index in [9.17, 15) is 9.90 Å². The van der Waals surface area contributed by atoms with E-state index in [1.54, 1.807) is 25.3 Å². The van der Waals surface area contributed by atoms with Crippen molar-refractivity contribution in [3.63, 3.8) is 0 Å². The van der Waals surface area contributed by atoms with E-state index in [1.165, 1.54) is 0 Å². The highest BCUT2D eigenvalue weighted by molar-refractivity contribution is 6.30. The minimum Gasteiger partial charge on any atom is -0.496 e. The monoisotopic (exact) mass is 325 g/mol. The molecule has 22 heavy (non-hydrogen) atoms. The molecule has 1 aromatic rings. The summed E-state index contributed by atoms with van der Waals surface area (Å²) >= 11 is 6.01. The molecule has 0 atom stereocenters. The van der Waals surface area contributed by atoms with E-state index in [1.807, 2.05) is 4.90 Å². The van der Waals surface area contributed by atoms with E-state index in [4.69, 9.17) is 16.3 Å². The van der Waals surface area contributed by atoms with Crippen LogP contribution in [0.25, 0.3) is 0 Å². The van der Waals surface area contributed by atoms with Gasteiger partial charge in [0.05, 0.1) is 13.5 Å². The third-order valence-corrected chi connectivity index (χ3v) is 5.08. The summed E-state index contributed by atoms with van der Waals surface area (Å²) in [7, 11) is 1.59. The molecule has 1 aliphatic rings. The van der Waals surface area contributed by atoms with Crippen LogP contribution in [-0.4, -0.2) is 42.7 Å². The highest BCUT2D eigenvalue weighted by atomic mass is 35.5. The molecule has 2 rings (SSSR count). The first-order chi connectivity index (χ1) is 10.5. The van der Waals surface area contributed by atoms with E-state index in [2.05, 4.69) is 6.92 Å². The molecule has 0 aliphatic carbocycles. The van der Waals surface area contributed by atoms with Crippen LogP contribution in [0.1, 0.15) is 31.7 Å². The lowest BCUT2D eigenvalue weighted by atomic mass is 9.77. The van der Waals surface area contributed by atoms with Crippen molar-refractivity contribution >= 4 is 17.5 Å². The van der Waals surface area contributed by atoms with Crippen LogP contribution < -0.4 is 4.74 Å². The zero-order chi connectivity index (χ0) is 16.2. The summed E-state index contributed by atoms with van der Waals surface area (Å²) in [5, 5.41) is 10.2. The van der Waals surface area contributed by atoms with Gasteiger partial charge < -0.3 is 14.7 Å². The average molecular weight is 326 g/mol. The van der Waals surface area contributed by atoms with Crippen molar-refractivity contribution in [2.24, 2.45) is 5.41 Å². The molecule has 1 saturated heterocycles. The van der Waals surface area contributed by atoms with Gasteiger partial charge in [0.1, 0.15) is 5.75 Å². The summed E-state index contributed by atoms with van der Waals surface area (Å²) in [6.45, 7) is 3.71. The Morgan fingerprint density at radius 2 is 2.09 bits per heavy atom. The van der Waals surface area contributed by atoms with E-state index in [0.717, 1.165) is 24.8 Å². The number of nitrogens with zero attached hydrogens (tertiary/aromatic N) is 1. The normalized spacial score (nSPS) is 17.4. The van der Waals surface area contributed by atoms with Crippen molar-refractivity contribution in [2.45, 2.75) is 32.6 Å². The van der Waals surface area contributed by atoms with Crippen LogP contribution >= 0.6 is 11.6 Å². The molecule has 0 spiro atoms. The van der Waals surface area contributed by atoms with Gasteiger partial charge in [0, 0.05) is 30.3 Å². The summed E-state index contributed by atoms with van der Waals surface area (Å²) in [6, 6.07) is 5.33. The third-order valence-electron chi connectivity index (χ3n) is 4.85.